The van der Waals surface area contributed by atoms with Gasteiger partial charge in [-0.05, 0) is 28.9 Å². The zero-order valence-corrected chi connectivity index (χ0v) is 7.96. The predicted molar refractivity (Wildman–Crippen MR) is 46.8 cm³/mol. The van der Waals surface area contributed by atoms with Gasteiger partial charge in [-0.1, -0.05) is 0 Å². The Morgan fingerprint density at radius 1 is 1.73 bits per heavy atom. The maximum absolute atomic E-state index is 11.0. The van der Waals surface area contributed by atoms with Gasteiger partial charge in [-0.25, -0.2) is 0 Å². The molecule has 62 valence electrons. The molecule has 1 aliphatic rings. The van der Waals surface area contributed by atoms with Crippen molar-refractivity contribution >= 4 is 15.9 Å². The van der Waals surface area contributed by atoms with Crippen LogP contribution < -0.4 is 0 Å². The third-order valence-electron chi connectivity index (χ3n) is 1.49. The molecule has 0 aromatic heterocycles. The Hall–Kier alpha value is -0.480. The van der Waals surface area contributed by atoms with Crippen LogP contribution in [0.2, 0.25) is 0 Å². The van der Waals surface area contributed by atoms with Crippen molar-refractivity contribution in [2.45, 2.75) is 13.0 Å². The molecule has 11 heavy (non-hydrogen) atoms. The minimum Gasteiger partial charge on any atom is -0.758 e. The monoisotopic (exact) mass is 218 g/mol. The van der Waals surface area contributed by atoms with E-state index >= 15 is 0 Å². The van der Waals surface area contributed by atoms with E-state index in [9.17, 15) is 5.21 Å². The van der Waals surface area contributed by atoms with Crippen molar-refractivity contribution in [2.24, 2.45) is 0 Å². The zero-order chi connectivity index (χ0) is 8.43. The Balaban J connectivity index is 2.82. The Morgan fingerprint density at radius 3 is 2.91 bits per heavy atom. The lowest BCUT2D eigenvalue weighted by atomic mass is 10.2. The molecule has 1 rings (SSSR count). The number of methoxy groups -OCH3 is 1. The van der Waals surface area contributed by atoms with Crippen molar-refractivity contribution in [3.05, 3.63) is 27.7 Å². The first-order valence-corrected chi connectivity index (χ1v) is 4.03. The van der Waals surface area contributed by atoms with Crippen molar-refractivity contribution in [2.75, 3.05) is 7.11 Å². The molecule has 0 aromatic rings. The van der Waals surface area contributed by atoms with Gasteiger partial charge in [0.2, 0.25) is 0 Å². The van der Waals surface area contributed by atoms with Crippen molar-refractivity contribution < 1.29 is 4.74 Å². The van der Waals surface area contributed by atoms with E-state index in [4.69, 9.17) is 4.74 Å². The smallest absolute Gasteiger partial charge is 0.147 e. The highest BCUT2D eigenvalue weighted by Crippen LogP contribution is 2.24. The van der Waals surface area contributed by atoms with Crippen LogP contribution in [0.5, 0.6) is 0 Å². The van der Waals surface area contributed by atoms with E-state index in [1.807, 2.05) is 6.92 Å². The highest BCUT2D eigenvalue weighted by atomic mass is 79.9. The normalized spacial score (nSPS) is 24.4. The molecule has 0 saturated carbocycles. The van der Waals surface area contributed by atoms with Crippen LogP contribution in [0.1, 0.15) is 6.92 Å². The molecule has 0 saturated heterocycles. The van der Waals surface area contributed by atoms with Gasteiger partial charge in [0.25, 0.3) is 0 Å². The lowest BCUT2D eigenvalue weighted by Crippen LogP contribution is -2.23. The molecular formula is C7H9BrNO2-. The lowest BCUT2D eigenvalue weighted by molar-refractivity contribution is 0.284. The van der Waals surface area contributed by atoms with Crippen LogP contribution in [0.4, 0.5) is 0 Å². The van der Waals surface area contributed by atoms with Gasteiger partial charge in [-0.15, -0.1) is 0 Å². The summed E-state index contributed by atoms with van der Waals surface area (Å²) in [5.74, 6) is 0.568. The number of ether oxygens (including phenoxy) is 1. The van der Waals surface area contributed by atoms with Crippen LogP contribution in [-0.4, -0.2) is 18.2 Å². The first-order valence-electron chi connectivity index (χ1n) is 3.24. The van der Waals surface area contributed by atoms with E-state index in [1.165, 1.54) is 13.3 Å². The maximum Gasteiger partial charge on any atom is 0.147 e. The molecule has 0 N–H and O–H groups in total. The molecule has 4 heteroatoms. The summed E-state index contributed by atoms with van der Waals surface area (Å²) in [6.07, 6.45) is 3.22. The molecule has 1 heterocycles. The topological polar surface area (TPSA) is 35.5 Å². The van der Waals surface area contributed by atoms with Crippen molar-refractivity contribution in [3.8, 4) is 0 Å². The molecule has 0 aromatic carbocycles. The van der Waals surface area contributed by atoms with Crippen LogP contribution in [-0.2, 0) is 4.74 Å². The van der Waals surface area contributed by atoms with Gasteiger partial charge in [0, 0.05) is 12.2 Å². The van der Waals surface area contributed by atoms with Gasteiger partial charge in [-0.3, -0.25) is 0 Å². The van der Waals surface area contributed by atoms with E-state index in [0.29, 0.717) is 5.76 Å². The summed E-state index contributed by atoms with van der Waals surface area (Å²) in [6.45, 7) is 1.82. The van der Waals surface area contributed by atoms with E-state index in [2.05, 4.69) is 15.9 Å². The van der Waals surface area contributed by atoms with Gasteiger partial charge in [-0.2, -0.15) is 0 Å². The van der Waals surface area contributed by atoms with Crippen LogP contribution in [0.3, 0.4) is 0 Å². The minimum absolute atomic E-state index is 0.122. The minimum atomic E-state index is -0.122. The van der Waals surface area contributed by atoms with Crippen LogP contribution in [0.15, 0.2) is 22.5 Å². The van der Waals surface area contributed by atoms with Gasteiger partial charge >= 0.3 is 0 Å². The summed E-state index contributed by atoms with van der Waals surface area (Å²) in [6, 6.07) is -0.122. The number of hydrogen-bond acceptors (Lipinski definition) is 3. The number of nitrogens with zero attached hydrogens (tertiary/aromatic N) is 1. The summed E-state index contributed by atoms with van der Waals surface area (Å²) < 4.78 is 5.76. The van der Waals surface area contributed by atoms with Gasteiger partial charge in [0.15, 0.2) is 0 Å². The number of allylic oxidation sites excluding steroid dienone is 1. The zero-order valence-electron chi connectivity index (χ0n) is 6.37. The second kappa shape index (κ2) is 3.28. The number of hydrogen-bond donors (Lipinski definition) is 0. The van der Waals surface area contributed by atoms with Crippen LogP contribution in [0.25, 0.3) is 0 Å². The lowest BCUT2D eigenvalue weighted by Gasteiger charge is -2.35. The fourth-order valence-corrected chi connectivity index (χ4v) is 1.46. The number of hydroxylamine groups is 2. The average molecular weight is 219 g/mol. The Labute approximate surface area is 74.0 Å². The molecule has 1 atom stereocenters. The summed E-state index contributed by atoms with van der Waals surface area (Å²) in [5.41, 5.74) is 0. The molecular weight excluding hydrogens is 210 g/mol. The van der Waals surface area contributed by atoms with E-state index in [0.717, 1.165) is 9.55 Å². The van der Waals surface area contributed by atoms with Crippen LogP contribution >= 0.6 is 15.9 Å². The molecule has 0 fully saturated rings. The molecule has 1 unspecified atom stereocenters. The van der Waals surface area contributed by atoms with Crippen LogP contribution in [0, 0.1) is 5.21 Å². The molecule has 0 bridgehead atoms. The van der Waals surface area contributed by atoms with Crippen molar-refractivity contribution in [3.63, 3.8) is 0 Å². The van der Waals surface area contributed by atoms with Crippen molar-refractivity contribution in [1.82, 2.24) is 5.06 Å². The summed E-state index contributed by atoms with van der Waals surface area (Å²) in [4.78, 5) is 0. The first kappa shape index (κ1) is 8.62. The summed E-state index contributed by atoms with van der Waals surface area (Å²) in [7, 11) is 1.53. The van der Waals surface area contributed by atoms with Gasteiger partial charge in [0.05, 0.1) is 11.6 Å². The molecule has 3 nitrogen and oxygen atoms in total. The largest absolute Gasteiger partial charge is 0.758 e. The highest BCUT2D eigenvalue weighted by Gasteiger charge is 2.11. The second-order valence-corrected chi connectivity index (χ2v) is 3.17. The number of rotatable bonds is 1. The first-order chi connectivity index (χ1) is 5.15. The van der Waals surface area contributed by atoms with E-state index in [-0.39, 0.29) is 6.04 Å². The average Bonchev–Trinajstić information content (AvgIpc) is 1.97. The summed E-state index contributed by atoms with van der Waals surface area (Å²) >= 11 is 3.29. The molecule has 0 spiro atoms. The molecule has 1 aliphatic heterocycles. The highest BCUT2D eigenvalue weighted by molar-refractivity contribution is 9.11. The molecule has 0 radical (unpaired) electrons. The predicted octanol–water partition coefficient (Wildman–Crippen LogP) is 1.95. The Kier molecular flexibility index (Phi) is 2.57. The van der Waals surface area contributed by atoms with Gasteiger partial charge in [0.1, 0.15) is 5.76 Å². The molecule has 0 aliphatic carbocycles. The fraction of sp³-hybridized carbons (Fsp3) is 0.429. The number of halogens is 1. The van der Waals surface area contributed by atoms with E-state index in [1.54, 1.807) is 6.08 Å². The quantitative estimate of drug-likeness (QED) is 0.676. The fourth-order valence-electron chi connectivity index (χ4n) is 0.812. The maximum atomic E-state index is 11.0. The SMILES string of the molecule is COC1=CN([O-])C(C)C=C1Br. The third-order valence-corrected chi connectivity index (χ3v) is 2.14. The van der Waals surface area contributed by atoms with E-state index < -0.39 is 0 Å². The van der Waals surface area contributed by atoms with Crippen molar-refractivity contribution in [1.29, 1.82) is 0 Å². The summed E-state index contributed by atoms with van der Waals surface area (Å²) in [5, 5.41) is 11.9. The third kappa shape index (κ3) is 1.75. The standard InChI is InChI=1S/C7H9BrNO2/c1-5-3-6(8)7(11-2)4-9(5)10/h3-5H,1-2H3/q-1. The second-order valence-electron chi connectivity index (χ2n) is 2.31. The Morgan fingerprint density at radius 2 is 2.36 bits per heavy atom. The van der Waals surface area contributed by atoms with Gasteiger partial charge < -0.3 is 15.0 Å². The Bertz CT molecular complexity index is 212. The molecule has 0 amide bonds.